The molecule has 0 bridgehead atoms. The first-order valence-corrected chi connectivity index (χ1v) is 23.5. The normalized spacial score (nSPS) is 21.4. The van der Waals surface area contributed by atoms with Gasteiger partial charge < -0.3 is 39.6 Å². The number of phenolic OH excluding ortho intramolecular Hbond substituents is 2. The third kappa shape index (κ3) is 6.90. The molecule has 6 aliphatic rings. The molecule has 1 spiro atoms. The van der Waals surface area contributed by atoms with Gasteiger partial charge in [0.2, 0.25) is 0 Å². The van der Waals surface area contributed by atoms with Gasteiger partial charge in [-0.25, -0.2) is 19.0 Å². The summed E-state index contributed by atoms with van der Waals surface area (Å²) in [7, 11) is 0. The number of alkyl carbamates (subject to hydrolysis) is 1. The highest BCUT2D eigenvalue weighted by Gasteiger charge is 2.47. The molecule has 67 heavy (non-hydrogen) atoms. The number of likely N-dealkylation sites (tertiary alicyclic amines) is 1. The second-order valence-electron chi connectivity index (χ2n) is 20.1. The lowest BCUT2D eigenvalue weighted by atomic mass is 9.68. The number of rotatable bonds is 7. The quantitative estimate of drug-likeness (QED) is 0.117. The second-order valence-corrected chi connectivity index (χ2v) is 20.1. The summed E-state index contributed by atoms with van der Waals surface area (Å²) < 4.78 is 28.4. The van der Waals surface area contributed by atoms with Gasteiger partial charge >= 0.3 is 12.1 Å². The molecule has 2 aromatic heterocycles. The average molecular weight is 912 g/mol. The molecule has 3 aromatic carbocycles. The van der Waals surface area contributed by atoms with Crippen molar-refractivity contribution in [2.75, 3.05) is 13.1 Å². The van der Waals surface area contributed by atoms with Crippen LogP contribution >= 0.6 is 0 Å². The Morgan fingerprint density at radius 2 is 1.73 bits per heavy atom. The largest absolute Gasteiger partial charge is 0.508 e. The van der Waals surface area contributed by atoms with Crippen LogP contribution in [-0.4, -0.2) is 71.8 Å². The van der Waals surface area contributed by atoms with Gasteiger partial charge in [-0.2, -0.15) is 0 Å². The molecule has 2 amide bonds. The van der Waals surface area contributed by atoms with E-state index in [-0.39, 0.29) is 76.9 Å². The van der Waals surface area contributed by atoms with Crippen molar-refractivity contribution in [1.82, 2.24) is 24.7 Å². The number of nitrogens with zero attached hydrogens (tertiary/aromatic N) is 4. The van der Waals surface area contributed by atoms with E-state index < -0.39 is 29.3 Å². The molecule has 6 heterocycles. The van der Waals surface area contributed by atoms with Crippen LogP contribution in [0.25, 0.3) is 22.3 Å². The molecule has 14 nitrogen and oxygen atoms in total. The molecule has 11 rings (SSSR count). The maximum absolute atomic E-state index is 15.4. The number of phenols is 2. The molecule has 2 fully saturated rings. The second kappa shape index (κ2) is 15.6. The van der Waals surface area contributed by atoms with Gasteiger partial charge in [0, 0.05) is 61.4 Å². The fourth-order valence-corrected chi connectivity index (χ4v) is 12.0. The minimum absolute atomic E-state index is 0.00670. The van der Waals surface area contributed by atoms with Crippen molar-refractivity contribution in [1.29, 1.82) is 0 Å². The van der Waals surface area contributed by atoms with Crippen molar-refractivity contribution in [2.24, 2.45) is 5.41 Å². The minimum Gasteiger partial charge on any atom is -0.508 e. The first kappa shape index (κ1) is 43.3. The van der Waals surface area contributed by atoms with Gasteiger partial charge in [0.25, 0.3) is 11.5 Å². The van der Waals surface area contributed by atoms with Crippen LogP contribution in [0.1, 0.15) is 137 Å². The van der Waals surface area contributed by atoms with Gasteiger partial charge in [-0.3, -0.25) is 14.5 Å². The number of fused-ring (bicyclic) bond motifs is 6. The highest BCUT2D eigenvalue weighted by molar-refractivity contribution is 5.98. The molecule has 1 saturated heterocycles. The number of cyclic esters (lactones) is 1. The molecule has 348 valence electrons. The lowest BCUT2D eigenvalue weighted by molar-refractivity contribution is -0.172. The zero-order chi connectivity index (χ0) is 46.8. The molecule has 0 radical (unpaired) electrons. The summed E-state index contributed by atoms with van der Waals surface area (Å²) in [4.78, 5) is 63.2. The number of aromatic hydroxyl groups is 2. The molecule has 5 aromatic rings. The van der Waals surface area contributed by atoms with Crippen LogP contribution in [0.5, 0.6) is 11.5 Å². The molecule has 15 heteroatoms. The van der Waals surface area contributed by atoms with Gasteiger partial charge in [0.15, 0.2) is 5.60 Å². The van der Waals surface area contributed by atoms with Crippen LogP contribution in [-0.2, 0) is 59.1 Å². The van der Waals surface area contributed by atoms with Crippen molar-refractivity contribution in [3.05, 3.63) is 120 Å². The number of carbonyl (C=O) groups excluding carboxylic acids is 3. The van der Waals surface area contributed by atoms with Gasteiger partial charge in [0.05, 0.1) is 40.6 Å². The van der Waals surface area contributed by atoms with Gasteiger partial charge in [-0.15, -0.1) is 0 Å². The Bertz CT molecular complexity index is 3040. The lowest BCUT2D eigenvalue weighted by Crippen LogP contribution is -2.57. The van der Waals surface area contributed by atoms with E-state index in [0.29, 0.717) is 54.0 Å². The van der Waals surface area contributed by atoms with Crippen LogP contribution in [0.15, 0.2) is 47.3 Å². The zero-order valence-corrected chi connectivity index (χ0v) is 38.1. The molecular weight excluding hydrogens is 858 g/mol. The Hall–Kier alpha value is -6.32. The number of carbonyl (C=O) groups is 3. The van der Waals surface area contributed by atoms with E-state index in [2.05, 4.69) is 28.4 Å². The van der Waals surface area contributed by atoms with Crippen LogP contribution in [0.3, 0.4) is 0 Å². The Morgan fingerprint density at radius 3 is 2.48 bits per heavy atom. The molecule has 1 unspecified atom stereocenters. The third-order valence-corrected chi connectivity index (χ3v) is 15.7. The molecule has 4 N–H and O–H groups in total. The van der Waals surface area contributed by atoms with E-state index >= 15 is 4.39 Å². The number of aryl methyl sites for hydroxylation is 1. The number of hydrogen-bond donors (Lipinski definition) is 4. The maximum atomic E-state index is 15.4. The summed E-state index contributed by atoms with van der Waals surface area (Å²) in [6, 6.07) is 11.8. The molecule has 4 aliphatic heterocycles. The molecular formula is C52H54FN5O9. The summed E-state index contributed by atoms with van der Waals surface area (Å²) in [6.07, 6.45) is 3.62. The van der Waals surface area contributed by atoms with Crippen molar-refractivity contribution >= 4 is 28.9 Å². The number of aliphatic hydroxyl groups is 1. The Kier molecular flexibility index (Phi) is 10.1. The smallest absolute Gasteiger partial charge is 0.407 e. The lowest BCUT2D eigenvalue weighted by Gasteiger charge is -2.53. The maximum Gasteiger partial charge on any atom is 0.407 e. The van der Waals surface area contributed by atoms with Crippen LogP contribution in [0.2, 0.25) is 0 Å². The average Bonchev–Trinajstić information content (AvgIpc) is 3.89. The Balaban J connectivity index is 0.738. The number of hydrogen-bond acceptors (Lipinski definition) is 11. The number of nitrogens with one attached hydrogen (secondary N) is 1. The topological polar surface area (TPSA) is 184 Å². The van der Waals surface area contributed by atoms with E-state index in [1.165, 1.54) is 17.7 Å². The minimum atomic E-state index is -1.99. The fraction of sp³-hybridized carbons (Fsp3) is 0.442. The first-order chi connectivity index (χ1) is 32.0. The SMILES string of the molecule is CC[C@@]1(O)C(=O)OCc2c1cc1n(c2=O)Cc2c-1nc1cc(F)c(C)c3c1c2C(NC(=O)OC1CCC2(CC1)CN(Cc1ccc4c(c1)CN(C(=O)c1cc(C(C)C)c(O)cc1O)C4)C2)CC3. The highest BCUT2D eigenvalue weighted by Crippen LogP contribution is 2.48. The number of halogens is 1. The predicted molar refractivity (Wildman–Crippen MR) is 244 cm³/mol. The number of ether oxygens (including phenoxy) is 2. The monoisotopic (exact) mass is 911 g/mol. The number of aromatic nitrogens is 2. The number of esters is 1. The van der Waals surface area contributed by atoms with Crippen LogP contribution in [0, 0.1) is 18.2 Å². The van der Waals surface area contributed by atoms with E-state index in [0.717, 1.165) is 78.5 Å². The zero-order valence-electron chi connectivity index (χ0n) is 38.1. The summed E-state index contributed by atoms with van der Waals surface area (Å²) in [5, 5.41) is 36.1. The number of benzene rings is 3. The molecule has 2 atom stereocenters. The third-order valence-electron chi connectivity index (χ3n) is 15.7. The summed E-state index contributed by atoms with van der Waals surface area (Å²) in [6.45, 7) is 10.8. The highest BCUT2D eigenvalue weighted by atomic mass is 19.1. The van der Waals surface area contributed by atoms with Crippen LogP contribution in [0.4, 0.5) is 9.18 Å². The molecule has 2 aliphatic carbocycles. The van der Waals surface area contributed by atoms with Crippen molar-refractivity contribution in [3.8, 4) is 22.9 Å². The van der Waals surface area contributed by atoms with E-state index in [1.807, 2.05) is 13.8 Å². The first-order valence-electron chi connectivity index (χ1n) is 23.5. The molecule has 1 saturated carbocycles. The Labute approximate surface area is 386 Å². The summed E-state index contributed by atoms with van der Waals surface area (Å²) in [5.41, 5.74) is 6.50. The van der Waals surface area contributed by atoms with Crippen molar-refractivity contribution in [3.63, 3.8) is 0 Å². The number of pyridine rings is 2. The van der Waals surface area contributed by atoms with E-state index in [4.69, 9.17) is 14.5 Å². The Morgan fingerprint density at radius 1 is 0.970 bits per heavy atom. The van der Waals surface area contributed by atoms with E-state index in [9.17, 15) is 34.5 Å². The predicted octanol–water partition coefficient (Wildman–Crippen LogP) is 7.38. The van der Waals surface area contributed by atoms with Gasteiger partial charge in [-0.05, 0) is 114 Å². The van der Waals surface area contributed by atoms with Gasteiger partial charge in [0.1, 0.15) is 30.0 Å². The van der Waals surface area contributed by atoms with Crippen molar-refractivity contribution < 1.29 is 43.6 Å². The van der Waals surface area contributed by atoms with E-state index in [1.54, 1.807) is 35.4 Å². The summed E-state index contributed by atoms with van der Waals surface area (Å²) in [5.74, 6) is -1.72. The number of amides is 2. The summed E-state index contributed by atoms with van der Waals surface area (Å²) >= 11 is 0. The fourth-order valence-electron chi connectivity index (χ4n) is 12.0. The van der Waals surface area contributed by atoms with Crippen molar-refractivity contribution in [2.45, 2.75) is 129 Å². The van der Waals surface area contributed by atoms with Crippen LogP contribution < -0.4 is 10.9 Å². The van der Waals surface area contributed by atoms with Gasteiger partial charge in [-0.1, -0.05) is 39.0 Å². The standard InChI is InChI=1S/C52H54FN5O9/c1-5-52(65)37-16-41-46-35(22-58(41)48(62)36(37)23-66-49(52)63)45-39(9-8-32-27(4)38(53)17-40(54-46)44(32)45)55-50(64)67-31-10-12-51(13-11-31)24-56(25-51)19-28-6-7-29-20-57(21-30(29)14-28)47(61)34-15-33(26(2)3)42(59)18-43(34)60/h6-7,14-18,26,31,39,59-60,65H,5,8-13,19-25H2,1-4H3,(H,55,64)/t39?,52-/m0/s1.